The summed E-state index contributed by atoms with van der Waals surface area (Å²) >= 11 is 6.62. The smallest absolute Gasteiger partial charge is 0.198 e. The summed E-state index contributed by atoms with van der Waals surface area (Å²) < 4.78 is 6.93. The van der Waals surface area contributed by atoms with E-state index in [4.69, 9.17) is 4.42 Å². The molecule has 112 valence electrons. The Hall–Kier alpha value is -1.59. The van der Waals surface area contributed by atoms with Gasteiger partial charge in [-0.2, -0.15) is 0 Å². The van der Waals surface area contributed by atoms with Gasteiger partial charge in [0.15, 0.2) is 5.78 Å². The van der Waals surface area contributed by atoms with Gasteiger partial charge in [0.25, 0.3) is 0 Å². The molecule has 3 rings (SSSR count). The van der Waals surface area contributed by atoms with E-state index in [0.717, 1.165) is 5.39 Å². The normalized spacial score (nSPS) is 11.0. The highest BCUT2D eigenvalue weighted by atomic mass is 79.9. The molecule has 0 aliphatic rings. The van der Waals surface area contributed by atoms with Crippen LogP contribution in [0, 0.1) is 0 Å². The zero-order chi connectivity index (χ0) is 15.9. The Bertz CT molecular complexity index is 881. The van der Waals surface area contributed by atoms with Crippen molar-refractivity contribution in [3.8, 4) is 5.75 Å². The number of phenolic OH excluding ortho intramolecular Hbond substituents is 1. The number of hydrogen-bond acceptors (Lipinski definition) is 3. The van der Waals surface area contributed by atoms with Crippen LogP contribution in [0.2, 0.25) is 0 Å². The Balaban J connectivity index is 2.23. The van der Waals surface area contributed by atoms with Crippen molar-refractivity contribution in [1.82, 2.24) is 0 Å². The number of aryl methyl sites for hydroxylation is 1. The number of para-hydroxylation sites is 1. The fourth-order valence-electron chi connectivity index (χ4n) is 2.44. The maximum absolute atomic E-state index is 13.0. The number of benzene rings is 2. The molecular weight excluding hydrogens is 412 g/mol. The average Bonchev–Trinajstić information content (AvgIpc) is 2.88. The zero-order valence-electron chi connectivity index (χ0n) is 11.7. The molecule has 0 atom stereocenters. The van der Waals surface area contributed by atoms with Gasteiger partial charge in [-0.05, 0) is 50.1 Å². The maximum Gasteiger partial charge on any atom is 0.198 e. The number of aromatic hydroxyl groups is 1. The Morgan fingerprint density at radius 2 is 1.91 bits per heavy atom. The Labute approximate surface area is 144 Å². The van der Waals surface area contributed by atoms with Crippen LogP contribution in [0.25, 0.3) is 11.0 Å². The predicted octanol–water partition coefficient (Wildman–Crippen LogP) is 5.46. The number of halogens is 2. The molecule has 0 aliphatic carbocycles. The summed E-state index contributed by atoms with van der Waals surface area (Å²) in [5, 5.41) is 10.7. The van der Waals surface area contributed by atoms with Crippen molar-refractivity contribution < 1.29 is 14.3 Å². The molecule has 22 heavy (non-hydrogen) atoms. The maximum atomic E-state index is 13.0. The van der Waals surface area contributed by atoms with E-state index in [1.807, 2.05) is 31.2 Å². The van der Waals surface area contributed by atoms with Crippen LogP contribution in [0.3, 0.4) is 0 Å². The molecule has 0 saturated carbocycles. The van der Waals surface area contributed by atoms with Gasteiger partial charge < -0.3 is 9.52 Å². The minimum absolute atomic E-state index is 0.0254. The molecule has 0 radical (unpaired) electrons. The molecule has 0 aliphatic heterocycles. The number of carbonyl (C=O) groups is 1. The molecular formula is C17H12Br2O3. The molecule has 1 aromatic heterocycles. The third kappa shape index (κ3) is 2.48. The third-order valence-corrected chi connectivity index (χ3v) is 4.79. The van der Waals surface area contributed by atoms with Gasteiger partial charge >= 0.3 is 0 Å². The van der Waals surface area contributed by atoms with Gasteiger partial charge in [-0.15, -0.1) is 0 Å². The van der Waals surface area contributed by atoms with Crippen LogP contribution >= 0.6 is 31.9 Å². The van der Waals surface area contributed by atoms with Crippen LogP contribution in [-0.2, 0) is 6.42 Å². The highest BCUT2D eigenvalue weighted by Gasteiger charge is 2.23. The fourth-order valence-corrected chi connectivity index (χ4v) is 3.61. The number of carbonyl (C=O) groups excluding carboxylic acids is 1. The predicted molar refractivity (Wildman–Crippen MR) is 92.5 cm³/mol. The Morgan fingerprint density at radius 3 is 2.64 bits per heavy atom. The summed E-state index contributed by atoms with van der Waals surface area (Å²) in [5.74, 6) is 0.509. The van der Waals surface area contributed by atoms with E-state index >= 15 is 0 Å². The van der Waals surface area contributed by atoms with Crippen molar-refractivity contribution in [3.63, 3.8) is 0 Å². The quantitative estimate of drug-likeness (QED) is 0.569. The second-order valence-electron chi connectivity index (χ2n) is 4.86. The summed E-state index contributed by atoms with van der Waals surface area (Å²) in [6, 6.07) is 10.6. The molecule has 3 aromatic rings. The van der Waals surface area contributed by atoms with Crippen molar-refractivity contribution in [2.45, 2.75) is 13.3 Å². The number of phenols is 1. The lowest BCUT2D eigenvalue weighted by Gasteiger charge is -2.06. The lowest BCUT2D eigenvalue weighted by molar-refractivity contribution is 0.103. The lowest BCUT2D eigenvalue weighted by Crippen LogP contribution is -2.04. The Kier molecular flexibility index (Phi) is 4.10. The van der Waals surface area contributed by atoms with Crippen molar-refractivity contribution in [2.75, 3.05) is 0 Å². The van der Waals surface area contributed by atoms with E-state index in [1.54, 1.807) is 6.07 Å². The topological polar surface area (TPSA) is 50.4 Å². The zero-order valence-corrected chi connectivity index (χ0v) is 14.9. The lowest BCUT2D eigenvalue weighted by atomic mass is 9.99. The summed E-state index contributed by atoms with van der Waals surface area (Å²) in [5.41, 5.74) is 1.66. The molecule has 1 heterocycles. The van der Waals surface area contributed by atoms with Crippen molar-refractivity contribution >= 4 is 48.6 Å². The van der Waals surface area contributed by atoms with Crippen LogP contribution in [0.5, 0.6) is 5.75 Å². The van der Waals surface area contributed by atoms with E-state index in [9.17, 15) is 9.90 Å². The first-order chi connectivity index (χ1) is 10.5. The highest BCUT2D eigenvalue weighted by Crippen LogP contribution is 2.34. The van der Waals surface area contributed by atoms with E-state index in [1.165, 1.54) is 6.07 Å². The Morgan fingerprint density at radius 1 is 1.18 bits per heavy atom. The van der Waals surface area contributed by atoms with Crippen LogP contribution in [-0.4, -0.2) is 10.9 Å². The standard InChI is InChI=1S/C17H12Br2O3/c1-2-14-16(9-5-3-4-6-15(9)22-14)17(21)10-7-13(20)12(19)8-11(10)18/h3-8,20H,2H2,1H3. The molecule has 3 nitrogen and oxygen atoms in total. The number of furan rings is 1. The number of rotatable bonds is 3. The molecule has 0 amide bonds. The van der Waals surface area contributed by atoms with E-state index in [-0.39, 0.29) is 11.5 Å². The van der Waals surface area contributed by atoms with Gasteiger partial charge in [-0.1, -0.05) is 25.1 Å². The minimum Gasteiger partial charge on any atom is -0.507 e. The summed E-state index contributed by atoms with van der Waals surface area (Å²) in [4.78, 5) is 13.0. The third-order valence-electron chi connectivity index (χ3n) is 3.50. The molecule has 0 saturated heterocycles. The van der Waals surface area contributed by atoms with Gasteiger partial charge in [-0.3, -0.25) is 4.79 Å². The molecule has 0 unspecified atom stereocenters. The SMILES string of the molecule is CCc1oc2ccccc2c1C(=O)c1cc(O)c(Br)cc1Br. The van der Waals surface area contributed by atoms with Gasteiger partial charge in [0.05, 0.1) is 10.0 Å². The van der Waals surface area contributed by atoms with Crippen LogP contribution in [0.4, 0.5) is 0 Å². The van der Waals surface area contributed by atoms with Gasteiger partial charge in [0.2, 0.25) is 0 Å². The largest absolute Gasteiger partial charge is 0.507 e. The number of fused-ring (bicyclic) bond motifs is 1. The molecule has 0 fully saturated rings. The van der Waals surface area contributed by atoms with E-state index in [2.05, 4.69) is 31.9 Å². The number of hydrogen-bond donors (Lipinski definition) is 1. The molecule has 1 N–H and O–H groups in total. The minimum atomic E-state index is -0.170. The van der Waals surface area contributed by atoms with Crippen molar-refractivity contribution in [3.05, 3.63) is 62.2 Å². The molecule has 5 heteroatoms. The highest BCUT2D eigenvalue weighted by molar-refractivity contribution is 9.11. The second-order valence-corrected chi connectivity index (χ2v) is 6.57. The first kappa shape index (κ1) is 15.3. The van der Waals surface area contributed by atoms with Crippen LogP contribution in [0.1, 0.15) is 28.6 Å². The number of ketones is 1. The monoisotopic (exact) mass is 422 g/mol. The summed E-state index contributed by atoms with van der Waals surface area (Å²) in [6.07, 6.45) is 0.621. The summed E-state index contributed by atoms with van der Waals surface area (Å²) in [7, 11) is 0. The van der Waals surface area contributed by atoms with E-state index < -0.39 is 0 Å². The first-order valence-corrected chi connectivity index (χ1v) is 8.34. The second kappa shape index (κ2) is 5.89. The van der Waals surface area contributed by atoms with Crippen LogP contribution in [0.15, 0.2) is 49.8 Å². The van der Waals surface area contributed by atoms with Gasteiger partial charge in [-0.25, -0.2) is 0 Å². The van der Waals surface area contributed by atoms with Gasteiger partial charge in [0, 0.05) is 21.8 Å². The van der Waals surface area contributed by atoms with E-state index in [0.29, 0.717) is 37.8 Å². The summed E-state index contributed by atoms with van der Waals surface area (Å²) in [6.45, 7) is 1.95. The van der Waals surface area contributed by atoms with Crippen molar-refractivity contribution in [1.29, 1.82) is 0 Å². The van der Waals surface area contributed by atoms with Crippen LogP contribution < -0.4 is 0 Å². The molecule has 0 bridgehead atoms. The average molecular weight is 424 g/mol. The first-order valence-electron chi connectivity index (χ1n) is 6.76. The molecule has 2 aromatic carbocycles. The van der Waals surface area contributed by atoms with Gasteiger partial charge in [0.1, 0.15) is 17.1 Å². The molecule has 0 spiro atoms. The fraction of sp³-hybridized carbons (Fsp3) is 0.118. The van der Waals surface area contributed by atoms with Crippen molar-refractivity contribution in [2.24, 2.45) is 0 Å².